The van der Waals surface area contributed by atoms with Crippen molar-refractivity contribution in [3.8, 4) is 0 Å². The molecule has 1 rings (SSSR count). The number of carbonyl (C=O) groups is 1. The van der Waals surface area contributed by atoms with E-state index in [-0.39, 0.29) is 5.97 Å². The van der Waals surface area contributed by atoms with Crippen LogP contribution in [-0.2, 0) is 14.3 Å². The molecule has 0 aromatic rings. The maximum absolute atomic E-state index is 12.4. The number of hydrogen-bond donors (Lipinski definition) is 1. The lowest BCUT2D eigenvalue weighted by Gasteiger charge is -2.34. The summed E-state index contributed by atoms with van der Waals surface area (Å²) in [4.78, 5) is 12.4. The third kappa shape index (κ3) is 5.26. The zero-order valence-corrected chi connectivity index (χ0v) is 14.1. The number of nitrogens with one attached hydrogen (secondary N) is 1. The first-order chi connectivity index (χ1) is 10.2. The number of hydrogen-bond acceptors (Lipinski definition) is 4. The van der Waals surface area contributed by atoms with Gasteiger partial charge in [-0.2, -0.15) is 0 Å². The molecule has 2 atom stereocenters. The normalized spacial score (nSPS) is 25.2. The molecule has 1 aliphatic rings. The van der Waals surface area contributed by atoms with Gasteiger partial charge in [0.25, 0.3) is 0 Å². The van der Waals surface area contributed by atoms with E-state index in [0.717, 1.165) is 51.9 Å². The summed E-state index contributed by atoms with van der Waals surface area (Å²) < 4.78 is 11.1. The number of ether oxygens (including phenoxy) is 2. The zero-order chi connectivity index (χ0) is 15.6. The molecule has 124 valence electrons. The van der Waals surface area contributed by atoms with E-state index < -0.39 is 5.54 Å². The predicted molar refractivity (Wildman–Crippen MR) is 85.3 cm³/mol. The molecule has 4 nitrogen and oxygen atoms in total. The van der Waals surface area contributed by atoms with E-state index >= 15 is 0 Å². The number of esters is 1. The first kappa shape index (κ1) is 18.4. The topological polar surface area (TPSA) is 47.6 Å². The molecule has 0 saturated heterocycles. The van der Waals surface area contributed by atoms with E-state index in [1.54, 1.807) is 0 Å². The molecule has 0 amide bonds. The summed E-state index contributed by atoms with van der Waals surface area (Å²) in [6.45, 7) is 8.96. The third-order valence-electron chi connectivity index (χ3n) is 4.46. The maximum Gasteiger partial charge on any atom is 0.326 e. The van der Waals surface area contributed by atoms with Crippen molar-refractivity contribution in [1.29, 1.82) is 0 Å². The molecule has 1 fully saturated rings. The Labute approximate surface area is 130 Å². The summed E-state index contributed by atoms with van der Waals surface area (Å²) in [7, 11) is 0. The van der Waals surface area contributed by atoms with Gasteiger partial charge in [-0.05, 0) is 45.1 Å². The molecule has 1 aliphatic carbocycles. The molecular formula is C17H33NO3. The van der Waals surface area contributed by atoms with Gasteiger partial charge in [-0.1, -0.05) is 33.1 Å². The SMILES string of the molecule is CCCCCOCCC1CCCC1(NCC)C(=O)OCC. The Bertz CT molecular complexity index is 296. The van der Waals surface area contributed by atoms with Gasteiger partial charge in [0.1, 0.15) is 5.54 Å². The van der Waals surface area contributed by atoms with Gasteiger partial charge in [-0.3, -0.25) is 4.79 Å². The minimum Gasteiger partial charge on any atom is -0.465 e. The molecule has 0 aromatic carbocycles. The second kappa shape index (κ2) is 10.2. The molecule has 4 heteroatoms. The molecule has 2 unspecified atom stereocenters. The van der Waals surface area contributed by atoms with Gasteiger partial charge in [-0.15, -0.1) is 0 Å². The summed E-state index contributed by atoms with van der Waals surface area (Å²) in [5.41, 5.74) is -0.475. The van der Waals surface area contributed by atoms with E-state index in [4.69, 9.17) is 9.47 Å². The minimum atomic E-state index is -0.475. The Hall–Kier alpha value is -0.610. The van der Waals surface area contributed by atoms with Crippen molar-refractivity contribution >= 4 is 5.97 Å². The van der Waals surface area contributed by atoms with Crippen LogP contribution in [0.25, 0.3) is 0 Å². The smallest absolute Gasteiger partial charge is 0.326 e. The van der Waals surface area contributed by atoms with E-state index in [2.05, 4.69) is 19.2 Å². The van der Waals surface area contributed by atoms with Crippen LogP contribution >= 0.6 is 0 Å². The van der Waals surface area contributed by atoms with Crippen LogP contribution in [0.5, 0.6) is 0 Å². The highest BCUT2D eigenvalue weighted by Gasteiger charge is 2.49. The van der Waals surface area contributed by atoms with Crippen LogP contribution in [0.3, 0.4) is 0 Å². The molecule has 0 heterocycles. The minimum absolute atomic E-state index is 0.0691. The number of rotatable bonds is 11. The molecule has 0 aliphatic heterocycles. The summed E-state index contributed by atoms with van der Waals surface area (Å²) >= 11 is 0. The average molecular weight is 299 g/mol. The third-order valence-corrected chi connectivity index (χ3v) is 4.46. The fraction of sp³-hybridized carbons (Fsp3) is 0.941. The zero-order valence-electron chi connectivity index (χ0n) is 14.1. The van der Waals surface area contributed by atoms with Gasteiger partial charge in [0.2, 0.25) is 0 Å². The van der Waals surface area contributed by atoms with Crippen LogP contribution in [0.2, 0.25) is 0 Å². The first-order valence-electron chi connectivity index (χ1n) is 8.71. The van der Waals surface area contributed by atoms with Gasteiger partial charge < -0.3 is 14.8 Å². The van der Waals surface area contributed by atoms with Crippen LogP contribution < -0.4 is 5.32 Å². The van der Waals surface area contributed by atoms with Crippen LogP contribution in [0.1, 0.15) is 65.7 Å². The summed E-state index contributed by atoms with van der Waals surface area (Å²) in [5.74, 6) is 0.267. The quantitative estimate of drug-likeness (QED) is 0.470. The fourth-order valence-corrected chi connectivity index (χ4v) is 3.40. The van der Waals surface area contributed by atoms with Crippen LogP contribution in [0, 0.1) is 5.92 Å². The number of likely N-dealkylation sites (N-methyl/N-ethyl adjacent to an activating group) is 1. The lowest BCUT2D eigenvalue weighted by atomic mass is 9.84. The standard InChI is InChI=1S/C17H33NO3/c1-4-7-8-13-20-14-11-15-10-9-12-17(15,18-5-2)16(19)21-6-3/h15,18H,4-14H2,1-3H3. The monoisotopic (exact) mass is 299 g/mol. The lowest BCUT2D eigenvalue weighted by molar-refractivity contribution is -0.153. The first-order valence-corrected chi connectivity index (χ1v) is 8.71. The predicted octanol–water partition coefficient (Wildman–Crippen LogP) is 3.29. The maximum atomic E-state index is 12.4. The van der Waals surface area contributed by atoms with Gasteiger partial charge in [-0.25, -0.2) is 0 Å². The Morgan fingerprint density at radius 3 is 2.71 bits per heavy atom. The molecule has 0 bridgehead atoms. The summed E-state index contributed by atoms with van der Waals surface area (Å²) in [6, 6.07) is 0. The largest absolute Gasteiger partial charge is 0.465 e. The van der Waals surface area contributed by atoms with Crippen molar-refractivity contribution in [2.75, 3.05) is 26.4 Å². The van der Waals surface area contributed by atoms with E-state index in [1.165, 1.54) is 12.8 Å². The van der Waals surface area contributed by atoms with Gasteiger partial charge >= 0.3 is 5.97 Å². The lowest BCUT2D eigenvalue weighted by Crippen LogP contribution is -2.55. The Morgan fingerprint density at radius 1 is 1.24 bits per heavy atom. The van der Waals surface area contributed by atoms with E-state index in [9.17, 15) is 4.79 Å². The molecule has 0 radical (unpaired) electrons. The highest BCUT2D eigenvalue weighted by atomic mass is 16.5. The molecule has 0 aromatic heterocycles. The van der Waals surface area contributed by atoms with Crippen molar-refractivity contribution in [3.63, 3.8) is 0 Å². The van der Waals surface area contributed by atoms with Crippen molar-refractivity contribution in [2.24, 2.45) is 5.92 Å². The molecular weight excluding hydrogens is 266 g/mol. The van der Waals surface area contributed by atoms with Crippen molar-refractivity contribution in [1.82, 2.24) is 5.32 Å². The molecule has 1 N–H and O–H groups in total. The van der Waals surface area contributed by atoms with Gasteiger partial charge in [0.15, 0.2) is 0 Å². The van der Waals surface area contributed by atoms with Crippen molar-refractivity contribution < 1.29 is 14.3 Å². The summed E-state index contributed by atoms with van der Waals surface area (Å²) in [5, 5.41) is 3.42. The summed E-state index contributed by atoms with van der Waals surface area (Å²) in [6.07, 6.45) is 7.60. The highest BCUT2D eigenvalue weighted by Crippen LogP contribution is 2.39. The Kier molecular flexibility index (Phi) is 8.93. The second-order valence-corrected chi connectivity index (χ2v) is 5.92. The molecule has 1 saturated carbocycles. The number of unbranched alkanes of at least 4 members (excludes halogenated alkanes) is 2. The Morgan fingerprint density at radius 2 is 2.05 bits per heavy atom. The van der Waals surface area contributed by atoms with Crippen molar-refractivity contribution in [3.05, 3.63) is 0 Å². The average Bonchev–Trinajstić information content (AvgIpc) is 2.87. The van der Waals surface area contributed by atoms with Crippen LogP contribution in [-0.4, -0.2) is 37.9 Å². The van der Waals surface area contributed by atoms with Crippen LogP contribution in [0.4, 0.5) is 0 Å². The van der Waals surface area contributed by atoms with E-state index in [0.29, 0.717) is 12.5 Å². The highest BCUT2D eigenvalue weighted by molar-refractivity contribution is 5.81. The van der Waals surface area contributed by atoms with E-state index in [1.807, 2.05) is 6.92 Å². The second-order valence-electron chi connectivity index (χ2n) is 5.92. The van der Waals surface area contributed by atoms with Gasteiger partial charge in [0, 0.05) is 13.2 Å². The molecule has 0 spiro atoms. The van der Waals surface area contributed by atoms with Gasteiger partial charge in [0.05, 0.1) is 6.61 Å². The Balaban J connectivity index is 2.47. The van der Waals surface area contributed by atoms with Crippen molar-refractivity contribution in [2.45, 2.75) is 71.3 Å². The molecule has 21 heavy (non-hydrogen) atoms. The van der Waals surface area contributed by atoms with Crippen LogP contribution in [0.15, 0.2) is 0 Å². The fourth-order valence-electron chi connectivity index (χ4n) is 3.40. The number of carbonyl (C=O) groups excluding carboxylic acids is 1.